The van der Waals surface area contributed by atoms with Gasteiger partial charge in [-0.25, -0.2) is 9.78 Å². The predicted octanol–water partition coefficient (Wildman–Crippen LogP) is 2.74. The van der Waals surface area contributed by atoms with Gasteiger partial charge in [-0.1, -0.05) is 0 Å². The number of anilines is 1. The number of nitrogens with one attached hydrogen (secondary N) is 2. The van der Waals surface area contributed by atoms with Gasteiger partial charge in [-0.15, -0.1) is 0 Å². The molecule has 1 aliphatic carbocycles. The molecule has 2 rings (SSSR count). The largest absolute Gasteiger partial charge is 0.465 e. The van der Waals surface area contributed by atoms with E-state index in [0.29, 0.717) is 16.7 Å². The van der Waals surface area contributed by atoms with Gasteiger partial charge in [0.05, 0.1) is 4.92 Å². The normalized spacial score (nSPS) is 21.6. The van der Waals surface area contributed by atoms with Crippen molar-refractivity contribution < 1.29 is 14.8 Å². The number of hydrogen-bond acceptors (Lipinski definition) is 5. The van der Waals surface area contributed by atoms with Gasteiger partial charge >= 0.3 is 11.8 Å². The number of rotatable bonds is 4. The van der Waals surface area contributed by atoms with E-state index in [1.165, 1.54) is 6.20 Å². The van der Waals surface area contributed by atoms with Crippen LogP contribution in [0, 0.1) is 10.1 Å². The fourth-order valence-electron chi connectivity index (χ4n) is 2.53. The molecule has 0 aliphatic heterocycles. The molecule has 114 valence electrons. The Morgan fingerprint density at radius 3 is 2.86 bits per heavy atom. The third kappa shape index (κ3) is 4.28. The lowest BCUT2D eigenvalue weighted by atomic mass is 9.91. The maximum atomic E-state index is 11.0. The Kier molecular flexibility index (Phi) is 4.94. The first-order chi connectivity index (χ1) is 9.95. The number of nitro groups is 1. The summed E-state index contributed by atoms with van der Waals surface area (Å²) in [5.74, 6) is 0. The molecule has 0 unspecified atom stereocenters. The van der Waals surface area contributed by atoms with Crippen molar-refractivity contribution in [3.63, 3.8) is 0 Å². The van der Waals surface area contributed by atoms with Crippen LogP contribution in [0.3, 0.4) is 0 Å². The van der Waals surface area contributed by atoms with Crippen molar-refractivity contribution in [2.45, 2.75) is 37.8 Å². The SMILES string of the molecule is O=C(O)N[C@H]1CCC[C@@H](Nc2cc(Br)ncc2[N+](=O)[O-])C1. The van der Waals surface area contributed by atoms with Crippen molar-refractivity contribution in [1.82, 2.24) is 10.3 Å². The van der Waals surface area contributed by atoms with E-state index >= 15 is 0 Å². The summed E-state index contributed by atoms with van der Waals surface area (Å²) in [6.07, 6.45) is 3.24. The molecule has 21 heavy (non-hydrogen) atoms. The molecule has 0 saturated heterocycles. The van der Waals surface area contributed by atoms with E-state index < -0.39 is 11.0 Å². The Hall–Kier alpha value is -1.90. The number of hydrogen-bond donors (Lipinski definition) is 3. The third-order valence-electron chi connectivity index (χ3n) is 3.41. The highest BCUT2D eigenvalue weighted by Gasteiger charge is 2.25. The lowest BCUT2D eigenvalue weighted by Gasteiger charge is -2.30. The highest BCUT2D eigenvalue weighted by Crippen LogP contribution is 2.29. The highest BCUT2D eigenvalue weighted by atomic mass is 79.9. The van der Waals surface area contributed by atoms with E-state index in [9.17, 15) is 14.9 Å². The van der Waals surface area contributed by atoms with Crippen LogP contribution < -0.4 is 10.6 Å². The molecule has 0 spiro atoms. The van der Waals surface area contributed by atoms with Gasteiger partial charge in [0, 0.05) is 18.2 Å². The summed E-state index contributed by atoms with van der Waals surface area (Å²) in [6.45, 7) is 0. The first-order valence-electron chi connectivity index (χ1n) is 6.51. The van der Waals surface area contributed by atoms with Gasteiger partial charge in [-0.05, 0) is 41.6 Å². The van der Waals surface area contributed by atoms with Crippen molar-refractivity contribution in [2.75, 3.05) is 5.32 Å². The third-order valence-corrected chi connectivity index (χ3v) is 3.84. The van der Waals surface area contributed by atoms with Crippen molar-refractivity contribution in [2.24, 2.45) is 0 Å². The van der Waals surface area contributed by atoms with E-state index in [0.717, 1.165) is 19.3 Å². The number of carboxylic acid groups (broad SMARTS) is 1. The van der Waals surface area contributed by atoms with Gasteiger partial charge in [0.2, 0.25) is 0 Å². The van der Waals surface area contributed by atoms with Crippen molar-refractivity contribution in [3.05, 3.63) is 27.0 Å². The van der Waals surface area contributed by atoms with Gasteiger partial charge in [0.15, 0.2) is 0 Å². The number of carbonyl (C=O) groups is 1. The summed E-state index contributed by atoms with van der Waals surface area (Å²) in [4.78, 5) is 25.1. The second-order valence-corrected chi connectivity index (χ2v) is 5.75. The molecule has 2 atom stereocenters. The van der Waals surface area contributed by atoms with Crippen molar-refractivity contribution in [3.8, 4) is 0 Å². The Morgan fingerprint density at radius 1 is 1.48 bits per heavy atom. The number of pyridine rings is 1. The molecular weight excluding hydrogens is 344 g/mol. The van der Waals surface area contributed by atoms with Crippen LogP contribution in [0.4, 0.5) is 16.2 Å². The van der Waals surface area contributed by atoms with E-state index in [-0.39, 0.29) is 17.8 Å². The second-order valence-electron chi connectivity index (χ2n) is 4.94. The van der Waals surface area contributed by atoms with Crippen LogP contribution in [0.25, 0.3) is 0 Å². The van der Waals surface area contributed by atoms with Gasteiger partial charge in [0.1, 0.15) is 16.5 Å². The van der Waals surface area contributed by atoms with Gasteiger partial charge in [-0.2, -0.15) is 0 Å². The lowest BCUT2D eigenvalue weighted by molar-refractivity contribution is -0.384. The molecule has 1 saturated carbocycles. The quantitative estimate of drug-likeness (QED) is 0.432. The number of halogens is 1. The molecule has 0 radical (unpaired) electrons. The van der Waals surface area contributed by atoms with Gasteiger partial charge in [-0.3, -0.25) is 10.1 Å². The zero-order chi connectivity index (χ0) is 15.4. The minimum Gasteiger partial charge on any atom is -0.465 e. The lowest BCUT2D eigenvalue weighted by Crippen LogP contribution is -2.41. The summed E-state index contributed by atoms with van der Waals surface area (Å²) in [6, 6.07) is 1.42. The molecule has 1 fully saturated rings. The molecule has 3 N–H and O–H groups in total. The average molecular weight is 359 g/mol. The summed E-state index contributed by atoms with van der Waals surface area (Å²) < 4.78 is 0.506. The molecule has 9 heteroatoms. The van der Waals surface area contributed by atoms with E-state index in [1.54, 1.807) is 6.07 Å². The second kappa shape index (κ2) is 6.70. The molecule has 1 aliphatic rings. The highest BCUT2D eigenvalue weighted by molar-refractivity contribution is 9.10. The minimum absolute atomic E-state index is 0.0106. The molecule has 1 heterocycles. The molecular formula is C12H15BrN4O4. The van der Waals surface area contributed by atoms with Crippen LogP contribution in [0.1, 0.15) is 25.7 Å². The number of aromatic nitrogens is 1. The Labute approximate surface area is 129 Å². The fourth-order valence-corrected chi connectivity index (χ4v) is 2.86. The average Bonchev–Trinajstić information content (AvgIpc) is 2.38. The molecule has 1 aromatic heterocycles. The smallest absolute Gasteiger partial charge is 0.404 e. The molecule has 1 aromatic rings. The zero-order valence-corrected chi connectivity index (χ0v) is 12.7. The summed E-state index contributed by atoms with van der Waals surface area (Å²) in [5.41, 5.74) is 0.300. The molecule has 0 bridgehead atoms. The van der Waals surface area contributed by atoms with Crippen molar-refractivity contribution in [1.29, 1.82) is 0 Å². The Morgan fingerprint density at radius 2 is 2.19 bits per heavy atom. The zero-order valence-electron chi connectivity index (χ0n) is 11.1. The van der Waals surface area contributed by atoms with Crippen molar-refractivity contribution >= 4 is 33.4 Å². The monoisotopic (exact) mass is 358 g/mol. The standard InChI is InChI=1S/C12H15BrN4O4/c13-11-5-9(10(6-14-11)17(20)21)15-7-2-1-3-8(4-7)16-12(18)19/h5-8,16H,1-4H2,(H,14,15)(H,18,19)/t7-,8+/m1/s1. The first kappa shape index (κ1) is 15.5. The van der Waals surface area contributed by atoms with Crippen LogP contribution in [0.2, 0.25) is 0 Å². The van der Waals surface area contributed by atoms with Crippen LogP contribution in [-0.4, -0.2) is 33.2 Å². The number of nitrogens with zero attached hydrogens (tertiary/aromatic N) is 2. The fraction of sp³-hybridized carbons (Fsp3) is 0.500. The topological polar surface area (TPSA) is 117 Å². The molecule has 1 amide bonds. The number of amides is 1. The molecule has 8 nitrogen and oxygen atoms in total. The van der Waals surface area contributed by atoms with Gasteiger partial charge < -0.3 is 15.7 Å². The maximum absolute atomic E-state index is 11.0. The summed E-state index contributed by atoms with van der Waals surface area (Å²) in [7, 11) is 0. The first-order valence-corrected chi connectivity index (χ1v) is 7.31. The minimum atomic E-state index is -1.04. The van der Waals surface area contributed by atoms with Crippen LogP contribution in [0.5, 0.6) is 0 Å². The Balaban J connectivity index is 2.08. The summed E-state index contributed by atoms with van der Waals surface area (Å²) >= 11 is 3.19. The van der Waals surface area contributed by atoms with Gasteiger partial charge in [0.25, 0.3) is 0 Å². The van der Waals surface area contributed by atoms with E-state index in [1.807, 2.05) is 0 Å². The van der Waals surface area contributed by atoms with E-state index in [2.05, 4.69) is 31.5 Å². The Bertz CT molecular complexity index is 554. The van der Waals surface area contributed by atoms with Crippen LogP contribution >= 0.6 is 15.9 Å². The van der Waals surface area contributed by atoms with Crippen LogP contribution in [-0.2, 0) is 0 Å². The maximum Gasteiger partial charge on any atom is 0.404 e. The summed E-state index contributed by atoms with van der Waals surface area (Å²) in [5, 5.41) is 25.4. The predicted molar refractivity (Wildman–Crippen MR) is 79.4 cm³/mol. The van der Waals surface area contributed by atoms with Crippen LogP contribution in [0.15, 0.2) is 16.9 Å². The molecule has 0 aromatic carbocycles. The van der Waals surface area contributed by atoms with E-state index in [4.69, 9.17) is 5.11 Å².